The Morgan fingerprint density at radius 3 is 3.11 bits per heavy atom. The van der Waals surface area contributed by atoms with Crippen LogP contribution < -0.4 is 10.1 Å². The van der Waals surface area contributed by atoms with Crippen LogP contribution in [0, 0.1) is 0 Å². The quantitative estimate of drug-likeness (QED) is 0.920. The van der Waals surface area contributed by atoms with E-state index in [1.165, 1.54) is 20.0 Å². The highest BCUT2D eigenvalue weighted by atomic mass is 32.2. The van der Waals surface area contributed by atoms with Gasteiger partial charge in [0.1, 0.15) is 5.56 Å². The van der Waals surface area contributed by atoms with Crippen LogP contribution in [0.5, 0.6) is 5.88 Å². The normalized spacial score (nSPS) is 22.8. The topological polar surface area (TPSA) is 51.2 Å². The summed E-state index contributed by atoms with van der Waals surface area (Å²) in [6.45, 7) is 0. The summed E-state index contributed by atoms with van der Waals surface area (Å²) in [4.78, 5) is 16.3. The Balaban J connectivity index is 2.00. The number of hydrogen-bond donors (Lipinski definition) is 1. The van der Waals surface area contributed by atoms with Gasteiger partial charge in [0.25, 0.3) is 5.91 Å². The van der Waals surface area contributed by atoms with Gasteiger partial charge < -0.3 is 10.1 Å². The number of rotatable bonds is 4. The van der Waals surface area contributed by atoms with Crippen LogP contribution in [-0.2, 0) is 0 Å². The third-order valence-electron chi connectivity index (χ3n) is 3.50. The molecule has 19 heavy (non-hydrogen) atoms. The van der Waals surface area contributed by atoms with Crippen molar-refractivity contribution in [1.29, 1.82) is 0 Å². The summed E-state index contributed by atoms with van der Waals surface area (Å²) in [7, 11) is 1.53. The molecule has 1 heterocycles. The van der Waals surface area contributed by atoms with Gasteiger partial charge in [-0.3, -0.25) is 4.79 Å². The molecule has 5 heteroatoms. The lowest BCUT2D eigenvalue weighted by atomic mass is 9.94. The van der Waals surface area contributed by atoms with Gasteiger partial charge in [-0.25, -0.2) is 4.98 Å². The van der Waals surface area contributed by atoms with Gasteiger partial charge in [0, 0.05) is 17.5 Å². The highest BCUT2D eigenvalue weighted by molar-refractivity contribution is 7.99. The van der Waals surface area contributed by atoms with Crippen molar-refractivity contribution in [2.75, 3.05) is 13.4 Å². The number of nitrogens with one attached hydrogen (secondary N) is 1. The van der Waals surface area contributed by atoms with Crippen molar-refractivity contribution in [3.05, 3.63) is 23.9 Å². The van der Waals surface area contributed by atoms with E-state index in [-0.39, 0.29) is 11.9 Å². The average molecular weight is 280 g/mol. The molecule has 4 nitrogen and oxygen atoms in total. The maximum absolute atomic E-state index is 12.2. The smallest absolute Gasteiger partial charge is 0.256 e. The minimum atomic E-state index is -0.0864. The number of ether oxygens (including phenoxy) is 1. The van der Waals surface area contributed by atoms with Gasteiger partial charge in [-0.1, -0.05) is 6.42 Å². The number of aromatic nitrogens is 1. The Kier molecular flexibility index (Phi) is 5.07. The van der Waals surface area contributed by atoms with Gasteiger partial charge in [-0.05, 0) is 37.7 Å². The molecule has 1 aromatic rings. The number of methoxy groups -OCH3 is 1. The third kappa shape index (κ3) is 3.62. The molecular weight excluding hydrogens is 260 g/mol. The first-order chi connectivity index (χ1) is 9.24. The Bertz CT molecular complexity index is 439. The van der Waals surface area contributed by atoms with Crippen molar-refractivity contribution in [2.24, 2.45) is 0 Å². The second-order valence-corrected chi connectivity index (χ2v) is 5.89. The van der Waals surface area contributed by atoms with Crippen LogP contribution in [0.15, 0.2) is 18.3 Å². The second-order valence-electron chi connectivity index (χ2n) is 4.75. The van der Waals surface area contributed by atoms with Gasteiger partial charge in [-0.15, -0.1) is 0 Å². The molecule has 1 N–H and O–H groups in total. The van der Waals surface area contributed by atoms with Crippen LogP contribution >= 0.6 is 11.8 Å². The lowest BCUT2D eigenvalue weighted by Crippen LogP contribution is -2.39. The van der Waals surface area contributed by atoms with Gasteiger partial charge in [0.15, 0.2) is 0 Å². The van der Waals surface area contributed by atoms with Crippen molar-refractivity contribution in [3.63, 3.8) is 0 Å². The van der Waals surface area contributed by atoms with Crippen molar-refractivity contribution < 1.29 is 9.53 Å². The largest absolute Gasteiger partial charge is 0.480 e. The molecule has 0 saturated heterocycles. The van der Waals surface area contributed by atoms with Crippen LogP contribution in [0.1, 0.15) is 36.0 Å². The van der Waals surface area contributed by atoms with Crippen LogP contribution in [0.2, 0.25) is 0 Å². The zero-order chi connectivity index (χ0) is 13.7. The SMILES string of the molecule is COc1ncccc1C(=O)N[C@H]1CCC[C@H](SC)C1. The fraction of sp³-hybridized carbons (Fsp3) is 0.571. The number of pyridine rings is 1. The molecule has 1 aliphatic rings. The number of carbonyl (C=O) groups is 1. The van der Waals surface area contributed by atoms with Crippen LogP contribution in [0.3, 0.4) is 0 Å². The molecule has 2 atom stereocenters. The van der Waals surface area contributed by atoms with Crippen LogP contribution in [-0.4, -0.2) is 35.5 Å². The van der Waals surface area contributed by atoms with E-state index in [2.05, 4.69) is 16.6 Å². The predicted molar refractivity (Wildman–Crippen MR) is 77.8 cm³/mol. The van der Waals surface area contributed by atoms with Crippen molar-refractivity contribution >= 4 is 17.7 Å². The zero-order valence-electron chi connectivity index (χ0n) is 11.4. The maximum Gasteiger partial charge on any atom is 0.256 e. The molecule has 2 rings (SSSR count). The van der Waals surface area contributed by atoms with E-state index in [4.69, 9.17) is 4.74 Å². The molecular formula is C14H20N2O2S. The number of amides is 1. The molecule has 1 amide bonds. The summed E-state index contributed by atoms with van der Waals surface area (Å²) in [5.74, 6) is 0.300. The maximum atomic E-state index is 12.2. The first kappa shape index (κ1) is 14.2. The van der Waals surface area contributed by atoms with E-state index < -0.39 is 0 Å². The van der Waals surface area contributed by atoms with Crippen molar-refractivity contribution in [3.8, 4) is 5.88 Å². The van der Waals surface area contributed by atoms with Crippen LogP contribution in [0.25, 0.3) is 0 Å². The van der Waals surface area contributed by atoms with E-state index in [9.17, 15) is 4.79 Å². The van der Waals surface area contributed by atoms with E-state index >= 15 is 0 Å². The van der Waals surface area contributed by atoms with Crippen molar-refractivity contribution in [2.45, 2.75) is 37.0 Å². The summed E-state index contributed by atoms with van der Waals surface area (Å²) in [5.41, 5.74) is 0.510. The minimum absolute atomic E-state index is 0.0864. The van der Waals surface area contributed by atoms with E-state index in [0.29, 0.717) is 16.7 Å². The summed E-state index contributed by atoms with van der Waals surface area (Å²) >= 11 is 1.89. The standard InChI is InChI=1S/C14H20N2O2S/c1-18-14-12(7-4-8-15-14)13(17)16-10-5-3-6-11(9-10)19-2/h4,7-8,10-11H,3,5-6,9H2,1-2H3,(H,16,17)/t10-,11-/m0/s1. The van der Waals surface area contributed by atoms with Crippen molar-refractivity contribution in [1.82, 2.24) is 10.3 Å². The van der Waals surface area contributed by atoms with E-state index in [1.807, 2.05) is 11.8 Å². The predicted octanol–water partition coefficient (Wildman–Crippen LogP) is 2.49. The molecule has 0 bridgehead atoms. The number of hydrogen-bond acceptors (Lipinski definition) is 4. The number of carbonyl (C=O) groups excluding carboxylic acids is 1. The molecule has 1 saturated carbocycles. The number of thioether (sulfide) groups is 1. The summed E-state index contributed by atoms with van der Waals surface area (Å²) in [6.07, 6.45) is 8.31. The average Bonchev–Trinajstić information content (AvgIpc) is 2.47. The first-order valence-corrected chi connectivity index (χ1v) is 7.86. The summed E-state index contributed by atoms with van der Waals surface area (Å²) < 4.78 is 5.12. The van der Waals surface area contributed by atoms with Gasteiger partial charge in [0.05, 0.1) is 7.11 Å². The van der Waals surface area contributed by atoms with Gasteiger partial charge in [0.2, 0.25) is 5.88 Å². The first-order valence-electron chi connectivity index (χ1n) is 6.57. The molecule has 1 aromatic heterocycles. The molecule has 104 valence electrons. The summed E-state index contributed by atoms with van der Waals surface area (Å²) in [5, 5.41) is 3.76. The van der Waals surface area contributed by atoms with Gasteiger partial charge in [-0.2, -0.15) is 11.8 Å². The van der Waals surface area contributed by atoms with Crippen LogP contribution in [0.4, 0.5) is 0 Å². The second kappa shape index (κ2) is 6.80. The molecule has 1 aliphatic carbocycles. The highest BCUT2D eigenvalue weighted by Crippen LogP contribution is 2.27. The lowest BCUT2D eigenvalue weighted by Gasteiger charge is -2.28. The van der Waals surface area contributed by atoms with E-state index in [0.717, 1.165) is 12.8 Å². The molecule has 0 spiro atoms. The fourth-order valence-corrected chi connectivity index (χ4v) is 3.31. The lowest BCUT2D eigenvalue weighted by molar-refractivity contribution is 0.0924. The monoisotopic (exact) mass is 280 g/mol. The molecule has 0 radical (unpaired) electrons. The Morgan fingerprint density at radius 1 is 1.53 bits per heavy atom. The Hall–Kier alpha value is -1.23. The Labute approximate surface area is 118 Å². The fourth-order valence-electron chi connectivity index (χ4n) is 2.48. The molecule has 0 aliphatic heterocycles. The highest BCUT2D eigenvalue weighted by Gasteiger charge is 2.24. The summed E-state index contributed by atoms with van der Waals surface area (Å²) in [6, 6.07) is 3.77. The van der Waals surface area contributed by atoms with E-state index in [1.54, 1.807) is 18.3 Å². The molecule has 1 fully saturated rings. The minimum Gasteiger partial charge on any atom is -0.480 e. The molecule has 0 unspecified atom stereocenters. The zero-order valence-corrected chi connectivity index (χ0v) is 12.2. The van der Waals surface area contributed by atoms with Gasteiger partial charge >= 0.3 is 0 Å². The molecule has 0 aromatic carbocycles. The number of nitrogens with zero attached hydrogens (tertiary/aromatic N) is 1. The Morgan fingerprint density at radius 2 is 2.37 bits per heavy atom. The third-order valence-corrected chi connectivity index (χ3v) is 4.60.